The van der Waals surface area contributed by atoms with Crippen LogP contribution in [0.25, 0.3) is 0 Å². The number of benzene rings is 1. The second-order valence-electron chi connectivity index (χ2n) is 6.97. The monoisotopic (exact) mass is 329 g/mol. The molecule has 5 nitrogen and oxygen atoms in total. The number of hydrogen-bond donors (Lipinski definition) is 1. The van der Waals surface area contributed by atoms with Crippen LogP contribution in [0.4, 0.5) is 0 Å². The van der Waals surface area contributed by atoms with Crippen molar-refractivity contribution in [1.82, 2.24) is 15.1 Å². The number of likely N-dealkylation sites (tertiary alicyclic amines) is 1. The second kappa shape index (κ2) is 7.34. The molecule has 24 heavy (non-hydrogen) atoms. The molecule has 0 bridgehead atoms. The fourth-order valence-corrected chi connectivity index (χ4v) is 3.80. The Bertz CT molecular complexity index is 608. The minimum absolute atomic E-state index is 0.0140. The average Bonchev–Trinajstić information content (AvgIpc) is 2.60. The van der Waals surface area contributed by atoms with Gasteiger partial charge in [-0.15, -0.1) is 0 Å². The first-order valence-electron chi connectivity index (χ1n) is 8.91. The third-order valence-corrected chi connectivity index (χ3v) is 5.28. The molecule has 0 radical (unpaired) electrons. The van der Waals surface area contributed by atoms with Crippen LogP contribution in [0.2, 0.25) is 0 Å². The van der Waals surface area contributed by atoms with Crippen molar-refractivity contribution in [2.24, 2.45) is 0 Å². The lowest BCUT2D eigenvalue weighted by Gasteiger charge is -2.38. The molecule has 5 heteroatoms. The molecule has 1 saturated heterocycles. The van der Waals surface area contributed by atoms with E-state index in [1.807, 2.05) is 11.8 Å². The van der Waals surface area contributed by atoms with Gasteiger partial charge in [-0.25, -0.2) is 0 Å². The van der Waals surface area contributed by atoms with Crippen LogP contribution in [0.5, 0.6) is 0 Å². The van der Waals surface area contributed by atoms with Gasteiger partial charge in [0.15, 0.2) is 0 Å². The van der Waals surface area contributed by atoms with E-state index in [0.717, 1.165) is 45.4 Å². The lowest BCUT2D eigenvalue weighted by molar-refractivity contribution is -0.138. The summed E-state index contributed by atoms with van der Waals surface area (Å²) in [7, 11) is 0. The van der Waals surface area contributed by atoms with Crippen LogP contribution in [-0.4, -0.2) is 53.3 Å². The van der Waals surface area contributed by atoms with E-state index in [-0.39, 0.29) is 23.9 Å². The third-order valence-electron chi connectivity index (χ3n) is 5.28. The van der Waals surface area contributed by atoms with Crippen molar-refractivity contribution < 1.29 is 9.59 Å². The minimum atomic E-state index is -0.0873. The molecule has 0 saturated carbocycles. The summed E-state index contributed by atoms with van der Waals surface area (Å²) in [5, 5.41) is 2.96. The van der Waals surface area contributed by atoms with Gasteiger partial charge in [-0.2, -0.15) is 0 Å². The number of nitrogens with zero attached hydrogens (tertiary/aromatic N) is 2. The first-order valence-corrected chi connectivity index (χ1v) is 8.91. The van der Waals surface area contributed by atoms with E-state index in [0.29, 0.717) is 0 Å². The standard InChI is InChI=1S/C19H27N3O2/c1-14(22-10-7-16-5-3-4-6-17(16)13-22)19(24)21-11-8-18(9-12-21)20-15(2)23/h3-6,14,18H,7-13H2,1-2H3,(H,20,23). The van der Waals surface area contributed by atoms with E-state index in [2.05, 4.69) is 34.5 Å². The molecule has 1 aromatic rings. The highest BCUT2D eigenvalue weighted by Crippen LogP contribution is 2.21. The molecule has 1 aromatic carbocycles. The van der Waals surface area contributed by atoms with Crippen LogP contribution in [0, 0.1) is 0 Å². The van der Waals surface area contributed by atoms with Gasteiger partial charge in [-0.05, 0) is 37.3 Å². The van der Waals surface area contributed by atoms with Gasteiger partial charge in [0, 0.05) is 39.1 Å². The minimum Gasteiger partial charge on any atom is -0.353 e. The van der Waals surface area contributed by atoms with Gasteiger partial charge in [0.2, 0.25) is 11.8 Å². The van der Waals surface area contributed by atoms with Gasteiger partial charge in [-0.3, -0.25) is 14.5 Å². The third kappa shape index (κ3) is 3.78. The van der Waals surface area contributed by atoms with Gasteiger partial charge in [0.25, 0.3) is 0 Å². The zero-order valence-electron chi connectivity index (χ0n) is 14.6. The molecule has 0 spiro atoms. The SMILES string of the molecule is CC(=O)NC1CCN(C(=O)C(C)N2CCc3ccccc3C2)CC1. The molecule has 1 N–H and O–H groups in total. The molecule has 1 unspecified atom stereocenters. The molecule has 0 aromatic heterocycles. The molecular formula is C19H27N3O2. The Morgan fingerprint density at radius 2 is 1.79 bits per heavy atom. The van der Waals surface area contributed by atoms with Crippen LogP contribution in [0.1, 0.15) is 37.8 Å². The molecule has 1 atom stereocenters. The Kier molecular flexibility index (Phi) is 5.19. The van der Waals surface area contributed by atoms with Crippen molar-refractivity contribution in [2.75, 3.05) is 19.6 Å². The maximum atomic E-state index is 12.8. The summed E-state index contributed by atoms with van der Waals surface area (Å²) in [5.74, 6) is 0.232. The van der Waals surface area contributed by atoms with Crippen LogP contribution in [0.15, 0.2) is 24.3 Å². The molecule has 2 aliphatic rings. The Labute approximate surface area is 144 Å². The molecule has 3 rings (SSSR count). The van der Waals surface area contributed by atoms with Gasteiger partial charge in [-0.1, -0.05) is 24.3 Å². The van der Waals surface area contributed by atoms with Crippen LogP contribution in [0.3, 0.4) is 0 Å². The lowest BCUT2D eigenvalue weighted by atomic mass is 9.98. The normalized spacial score (nSPS) is 20.3. The summed E-state index contributed by atoms with van der Waals surface area (Å²) >= 11 is 0. The van der Waals surface area contributed by atoms with E-state index in [4.69, 9.17) is 0 Å². The summed E-state index contributed by atoms with van der Waals surface area (Å²) in [6.45, 7) is 6.83. The van der Waals surface area contributed by atoms with Crippen LogP contribution >= 0.6 is 0 Å². The molecule has 2 heterocycles. The predicted octanol–water partition coefficient (Wildman–Crippen LogP) is 1.56. The highest BCUT2D eigenvalue weighted by Gasteiger charge is 2.30. The second-order valence-corrected chi connectivity index (χ2v) is 6.97. The van der Waals surface area contributed by atoms with E-state index >= 15 is 0 Å². The number of nitrogens with one attached hydrogen (secondary N) is 1. The maximum Gasteiger partial charge on any atom is 0.239 e. The summed E-state index contributed by atoms with van der Waals surface area (Å²) in [6.07, 6.45) is 2.71. The van der Waals surface area contributed by atoms with Crippen molar-refractivity contribution in [3.05, 3.63) is 35.4 Å². The predicted molar refractivity (Wildman–Crippen MR) is 93.4 cm³/mol. The summed E-state index contributed by atoms with van der Waals surface area (Å²) in [5.41, 5.74) is 2.75. The van der Waals surface area contributed by atoms with Crippen LogP contribution in [-0.2, 0) is 22.6 Å². The number of carbonyl (C=O) groups is 2. The number of hydrogen-bond acceptors (Lipinski definition) is 3. The Morgan fingerprint density at radius 1 is 1.12 bits per heavy atom. The Morgan fingerprint density at radius 3 is 2.46 bits per heavy atom. The number of amides is 2. The zero-order chi connectivity index (χ0) is 17.1. The zero-order valence-corrected chi connectivity index (χ0v) is 14.6. The fraction of sp³-hybridized carbons (Fsp3) is 0.579. The average molecular weight is 329 g/mol. The number of fused-ring (bicyclic) bond motifs is 1. The van der Waals surface area contributed by atoms with Crippen LogP contribution < -0.4 is 5.32 Å². The Hall–Kier alpha value is -1.88. The molecule has 2 amide bonds. The van der Waals surface area contributed by atoms with E-state index in [1.54, 1.807) is 6.92 Å². The van der Waals surface area contributed by atoms with E-state index < -0.39 is 0 Å². The van der Waals surface area contributed by atoms with Gasteiger partial charge >= 0.3 is 0 Å². The summed E-state index contributed by atoms with van der Waals surface area (Å²) < 4.78 is 0. The largest absolute Gasteiger partial charge is 0.353 e. The van der Waals surface area contributed by atoms with Crippen molar-refractivity contribution in [3.8, 4) is 0 Å². The number of rotatable bonds is 3. The Balaban J connectivity index is 1.55. The first kappa shape index (κ1) is 17.0. The van der Waals surface area contributed by atoms with Crippen molar-refractivity contribution in [2.45, 2.75) is 51.7 Å². The molecular weight excluding hydrogens is 302 g/mol. The highest BCUT2D eigenvalue weighted by molar-refractivity contribution is 5.81. The van der Waals surface area contributed by atoms with Crippen molar-refractivity contribution >= 4 is 11.8 Å². The summed E-state index contributed by atoms with van der Waals surface area (Å²) in [6, 6.07) is 8.63. The maximum absolute atomic E-state index is 12.8. The quantitative estimate of drug-likeness (QED) is 0.916. The first-order chi connectivity index (χ1) is 11.5. The lowest BCUT2D eigenvalue weighted by Crippen LogP contribution is -2.52. The van der Waals surface area contributed by atoms with Crippen molar-refractivity contribution in [3.63, 3.8) is 0 Å². The number of carbonyl (C=O) groups excluding carboxylic acids is 2. The van der Waals surface area contributed by atoms with Crippen molar-refractivity contribution in [1.29, 1.82) is 0 Å². The smallest absolute Gasteiger partial charge is 0.239 e. The van der Waals surface area contributed by atoms with E-state index in [1.165, 1.54) is 11.1 Å². The summed E-state index contributed by atoms with van der Waals surface area (Å²) in [4.78, 5) is 28.2. The molecule has 2 aliphatic heterocycles. The molecule has 130 valence electrons. The highest BCUT2D eigenvalue weighted by atomic mass is 16.2. The number of piperidine rings is 1. The topological polar surface area (TPSA) is 52.7 Å². The van der Waals surface area contributed by atoms with Gasteiger partial charge < -0.3 is 10.2 Å². The fourth-order valence-electron chi connectivity index (χ4n) is 3.80. The van der Waals surface area contributed by atoms with Gasteiger partial charge in [0.05, 0.1) is 6.04 Å². The van der Waals surface area contributed by atoms with Gasteiger partial charge in [0.1, 0.15) is 0 Å². The molecule has 1 fully saturated rings. The molecule has 0 aliphatic carbocycles. The van der Waals surface area contributed by atoms with E-state index in [9.17, 15) is 9.59 Å².